The molecule has 0 amide bonds. The van der Waals surface area contributed by atoms with E-state index in [1.54, 1.807) is 36.4 Å². The highest BCUT2D eigenvalue weighted by molar-refractivity contribution is 5.65. The first kappa shape index (κ1) is 18.7. The Kier molecular flexibility index (Phi) is 4.51. The molecule has 1 N–H and O–H groups in total. The summed E-state index contributed by atoms with van der Waals surface area (Å²) in [5.74, 6) is 1.25. The Balaban J connectivity index is 1.42. The van der Waals surface area contributed by atoms with E-state index < -0.39 is 0 Å². The minimum atomic E-state index is -0.0481. The lowest BCUT2D eigenvalue weighted by molar-refractivity contribution is 0.768. The summed E-state index contributed by atoms with van der Waals surface area (Å²) in [5.41, 5.74) is 4.03. The first-order valence-electron chi connectivity index (χ1n) is 9.63. The van der Waals surface area contributed by atoms with Crippen molar-refractivity contribution in [2.75, 3.05) is 5.32 Å². The van der Waals surface area contributed by atoms with Crippen molar-refractivity contribution in [3.8, 4) is 11.3 Å². The van der Waals surface area contributed by atoms with Crippen LogP contribution in [0.5, 0.6) is 0 Å². The topological polar surface area (TPSA) is 108 Å². The molecule has 0 unspecified atom stereocenters. The van der Waals surface area contributed by atoms with Crippen molar-refractivity contribution < 1.29 is 0 Å². The summed E-state index contributed by atoms with van der Waals surface area (Å²) in [6.07, 6.45) is 9.45. The average Bonchev–Trinajstić information content (AvgIpc) is 3.36. The Bertz CT molecular complexity index is 1450. The van der Waals surface area contributed by atoms with Gasteiger partial charge in [-0.2, -0.15) is 5.10 Å². The number of pyridine rings is 2. The van der Waals surface area contributed by atoms with E-state index in [9.17, 15) is 4.79 Å². The van der Waals surface area contributed by atoms with Gasteiger partial charge < -0.3 is 9.88 Å². The van der Waals surface area contributed by atoms with Gasteiger partial charge in [0.15, 0.2) is 5.65 Å². The fourth-order valence-corrected chi connectivity index (χ4v) is 3.30. The predicted octanol–water partition coefficient (Wildman–Crippen LogP) is 1.95. The molecule has 0 radical (unpaired) electrons. The maximum absolute atomic E-state index is 11.9. The molecule has 0 saturated carbocycles. The van der Waals surface area contributed by atoms with E-state index >= 15 is 0 Å². The van der Waals surface area contributed by atoms with Gasteiger partial charge in [-0.25, -0.2) is 9.97 Å². The summed E-state index contributed by atoms with van der Waals surface area (Å²) in [5, 5.41) is 15.9. The maximum Gasteiger partial charge on any atom is 0.250 e. The van der Waals surface area contributed by atoms with Crippen LogP contribution in [-0.2, 0) is 20.5 Å². The summed E-state index contributed by atoms with van der Waals surface area (Å²) >= 11 is 0. The van der Waals surface area contributed by atoms with Gasteiger partial charge in [0.25, 0.3) is 5.56 Å². The smallest absolute Gasteiger partial charge is 0.250 e. The number of aryl methyl sites for hydroxylation is 2. The van der Waals surface area contributed by atoms with Crippen molar-refractivity contribution in [1.29, 1.82) is 0 Å². The molecule has 31 heavy (non-hydrogen) atoms. The molecule has 5 aromatic heterocycles. The van der Waals surface area contributed by atoms with Crippen LogP contribution in [0.3, 0.4) is 0 Å². The van der Waals surface area contributed by atoms with Crippen LogP contribution in [0.15, 0.2) is 66.1 Å². The van der Waals surface area contributed by atoms with Crippen LogP contribution in [-0.4, -0.2) is 38.9 Å². The Labute approximate surface area is 176 Å². The fourth-order valence-electron chi connectivity index (χ4n) is 3.30. The average molecular weight is 413 g/mol. The zero-order valence-electron chi connectivity index (χ0n) is 17.0. The van der Waals surface area contributed by atoms with Crippen molar-refractivity contribution in [2.45, 2.75) is 6.42 Å². The number of nitrogens with zero attached hydrogens (tertiary/aromatic N) is 8. The van der Waals surface area contributed by atoms with Gasteiger partial charge in [0, 0.05) is 56.9 Å². The monoisotopic (exact) mass is 413 g/mol. The van der Waals surface area contributed by atoms with Crippen LogP contribution < -0.4 is 10.9 Å². The molecule has 5 rings (SSSR count). The lowest BCUT2D eigenvalue weighted by Gasteiger charge is -2.06. The molecule has 10 nitrogen and oxygen atoms in total. The highest BCUT2D eigenvalue weighted by atomic mass is 16.1. The Morgan fingerprint density at radius 3 is 2.77 bits per heavy atom. The fraction of sp³-hybridized carbons (Fsp3) is 0.143. The van der Waals surface area contributed by atoms with Gasteiger partial charge in [-0.3, -0.25) is 13.9 Å². The van der Waals surface area contributed by atoms with E-state index in [1.165, 1.54) is 4.57 Å². The molecular weight excluding hydrogens is 394 g/mol. The zero-order chi connectivity index (χ0) is 21.4. The van der Waals surface area contributed by atoms with Gasteiger partial charge in [0.05, 0.1) is 17.6 Å². The maximum atomic E-state index is 11.9. The minimum Gasteiger partial charge on any atom is -0.321 e. The highest BCUT2D eigenvalue weighted by Gasteiger charge is 2.10. The molecule has 5 aromatic rings. The van der Waals surface area contributed by atoms with Crippen molar-refractivity contribution in [3.05, 3.63) is 83.1 Å². The Hall–Kier alpha value is -4.34. The molecule has 10 heteroatoms. The van der Waals surface area contributed by atoms with E-state index in [2.05, 4.69) is 30.6 Å². The van der Waals surface area contributed by atoms with Crippen LogP contribution in [0.1, 0.15) is 11.4 Å². The normalized spacial score (nSPS) is 11.2. The Morgan fingerprint density at radius 2 is 1.97 bits per heavy atom. The summed E-state index contributed by atoms with van der Waals surface area (Å²) in [4.78, 5) is 20.7. The third-order valence-electron chi connectivity index (χ3n) is 4.92. The van der Waals surface area contributed by atoms with Gasteiger partial charge in [0.1, 0.15) is 5.82 Å². The van der Waals surface area contributed by atoms with Crippen molar-refractivity contribution >= 4 is 17.3 Å². The second-order valence-electron chi connectivity index (χ2n) is 7.21. The molecule has 0 fully saturated rings. The van der Waals surface area contributed by atoms with Crippen LogP contribution in [0.4, 0.5) is 11.6 Å². The van der Waals surface area contributed by atoms with Crippen LogP contribution in [0.25, 0.3) is 16.9 Å². The number of hydrogen-bond acceptors (Lipinski definition) is 7. The highest BCUT2D eigenvalue weighted by Crippen LogP contribution is 2.21. The van der Waals surface area contributed by atoms with Crippen molar-refractivity contribution in [2.24, 2.45) is 14.1 Å². The lowest BCUT2D eigenvalue weighted by atomic mass is 10.1. The summed E-state index contributed by atoms with van der Waals surface area (Å²) in [6, 6.07) is 9.26. The van der Waals surface area contributed by atoms with Gasteiger partial charge >= 0.3 is 0 Å². The standard InChI is InChI=1S/C21H19N9O/c1-28-7-4-14(10-20(28)31)9-18-26-27-19-11-15(5-8-30(18)19)17-3-6-22-21(25-17)24-16-12-23-29(2)13-16/h3-8,10-13H,9H2,1-2H3,(H,22,24,25). The molecule has 0 aliphatic rings. The van der Waals surface area contributed by atoms with Crippen LogP contribution in [0, 0.1) is 0 Å². The Morgan fingerprint density at radius 1 is 1.06 bits per heavy atom. The predicted molar refractivity (Wildman–Crippen MR) is 115 cm³/mol. The quantitative estimate of drug-likeness (QED) is 0.469. The van der Waals surface area contributed by atoms with E-state index in [-0.39, 0.29) is 5.56 Å². The molecular formula is C21H19N9O. The molecule has 0 spiro atoms. The summed E-state index contributed by atoms with van der Waals surface area (Å²) in [6.45, 7) is 0. The van der Waals surface area contributed by atoms with E-state index in [4.69, 9.17) is 0 Å². The van der Waals surface area contributed by atoms with Gasteiger partial charge in [-0.1, -0.05) is 0 Å². The third kappa shape index (κ3) is 3.78. The number of hydrogen-bond donors (Lipinski definition) is 1. The van der Waals surface area contributed by atoms with Crippen molar-refractivity contribution in [1.82, 2.24) is 38.9 Å². The first-order chi connectivity index (χ1) is 15.0. The number of rotatable bonds is 5. The molecule has 0 atom stereocenters. The molecule has 0 aliphatic carbocycles. The second kappa shape index (κ2) is 7.48. The van der Waals surface area contributed by atoms with Crippen molar-refractivity contribution in [3.63, 3.8) is 0 Å². The molecule has 5 heterocycles. The van der Waals surface area contributed by atoms with Gasteiger partial charge in [-0.05, 0) is 29.8 Å². The van der Waals surface area contributed by atoms with E-state index in [1.807, 2.05) is 48.1 Å². The summed E-state index contributed by atoms with van der Waals surface area (Å²) in [7, 11) is 3.58. The third-order valence-corrected chi connectivity index (χ3v) is 4.92. The van der Waals surface area contributed by atoms with E-state index in [0.717, 1.165) is 28.3 Å². The molecule has 0 aliphatic heterocycles. The van der Waals surface area contributed by atoms with Gasteiger partial charge in [0.2, 0.25) is 5.95 Å². The molecule has 0 aromatic carbocycles. The number of fused-ring (bicyclic) bond motifs is 1. The van der Waals surface area contributed by atoms with E-state index in [0.29, 0.717) is 18.0 Å². The summed E-state index contributed by atoms with van der Waals surface area (Å²) < 4.78 is 5.16. The van der Waals surface area contributed by atoms with Gasteiger partial charge in [-0.15, -0.1) is 10.2 Å². The number of aromatic nitrogens is 8. The largest absolute Gasteiger partial charge is 0.321 e. The number of nitrogens with one attached hydrogen (secondary N) is 1. The molecule has 0 bridgehead atoms. The number of anilines is 2. The first-order valence-corrected chi connectivity index (χ1v) is 9.63. The second-order valence-corrected chi connectivity index (χ2v) is 7.21. The SMILES string of the molecule is Cn1cc(Nc2nccc(-c3ccn4c(Cc5ccn(C)c(=O)c5)nnc4c3)n2)cn1. The van der Waals surface area contributed by atoms with Crippen LogP contribution >= 0.6 is 0 Å². The minimum absolute atomic E-state index is 0.0481. The van der Waals surface area contributed by atoms with Crippen LogP contribution in [0.2, 0.25) is 0 Å². The molecule has 0 saturated heterocycles. The zero-order valence-corrected chi connectivity index (χ0v) is 17.0. The lowest BCUT2D eigenvalue weighted by Crippen LogP contribution is -2.15. The molecule has 154 valence electrons.